The van der Waals surface area contributed by atoms with E-state index in [0.29, 0.717) is 17.5 Å². The van der Waals surface area contributed by atoms with Gasteiger partial charge in [0.25, 0.3) is 0 Å². The first-order chi connectivity index (χ1) is 12.9. The van der Waals surface area contributed by atoms with E-state index < -0.39 is 6.04 Å². The van der Waals surface area contributed by atoms with Crippen molar-refractivity contribution in [2.75, 3.05) is 5.32 Å². The number of carbonyl (C=O) groups excluding carboxylic acids is 3. The third-order valence-corrected chi connectivity index (χ3v) is 7.40. The van der Waals surface area contributed by atoms with Crippen molar-refractivity contribution in [2.24, 2.45) is 35.5 Å². The molecular formula is C21H21BrN2O3. The molecule has 140 valence electrons. The molecule has 5 aliphatic rings. The highest BCUT2D eigenvalue weighted by atomic mass is 79.9. The summed E-state index contributed by atoms with van der Waals surface area (Å²) < 4.78 is 0.932. The maximum Gasteiger partial charge on any atom is 0.247 e. The Morgan fingerprint density at radius 1 is 1.15 bits per heavy atom. The minimum atomic E-state index is -0.811. The van der Waals surface area contributed by atoms with Gasteiger partial charge in [-0.15, -0.1) is 0 Å². The predicted molar refractivity (Wildman–Crippen MR) is 104 cm³/mol. The highest BCUT2D eigenvalue weighted by Crippen LogP contribution is 2.65. The van der Waals surface area contributed by atoms with Gasteiger partial charge in [0.2, 0.25) is 17.7 Å². The van der Waals surface area contributed by atoms with Crippen molar-refractivity contribution in [3.8, 4) is 0 Å². The van der Waals surface area contributed by atoms with Crippen molar-refractivity contribution in [1.29, 1.82) is 0 Å². The zero-order valence-corrected chi connectivity index (χ0v) is 16.8. The molecule has 4 aliphatic carbocycles. The number of imide groups is 1. The standard InChI is InChI=1S/C21H21BrN2O3/c1-9-7-11(22)3-6-16(9)23-19(25)10(2)24-20(26)17-12-4-5-13(15-8-14(12)15)18(17)21(24)27/h3-7,10,12-15,17-18H,8H2,1-2H3,(H,23,25)/t10-,12-,13-,14-,15+,17+,18+/m0/s1. The zero-order chi connectivity index (χ0) is 19.0. The van der Waals surface area contributed by atoms with Gasteiger partial charge < -0.3 is 5.32 Å². The van der Waals surface area contributed by atoms with Crippen LogP contribution in [-0.2, 0) is 14.4 Å². The number of hydrogen-bond acceptors (Lipinski definition) is 3. The number of hydrogen-bond donors (Lipinski definition) is 1. The zero-order valence-electron chi connectivity index (χ0n) is 15.2. The van der Waals surface area contributed by atoms with Crippen molar-refractivity contribution in [3.05, 3.63) is 40.4 Å². The average Bonchev–Trinajstić information content (AvgIpc) is 3.41. The summed E-state index contributed by atoms with van der Waals surface area (Å²) >= 11 is 3.41. The highest BCUT2D eigenvalue weighted by molar-refractivity contribution is 9.10. The van der Waals surface area contributed by atoms with Crippen LogP contribution in [0.3, 0.4) is 0 Å². The maximum absolute atomic E-state index is 13.1. The Morgan fingerprint density at radius 3 is 2.30 bits per heavy atom. The van der Waals surface area contributed by atoms with E-state index in [1.54, 1.807) is 6.92 Å². The SMILES string of the molecule is Cc1cc(Br)ccc1NC(=O)[C@H](C)N1C(=O)[C@@H]2[C@H]3C=C[C@@H]([C@@H]4C[C@H]34)[C@H]2C1=O. The first kappa shape index (κ1) is 17.2. The first-order valence-corrected chi connectivity index (χ1v) is 10.3. The van der Waals surface area contributed by atoms with E-state index >= 15 is 0 Å². The van der Waals surface area contributed by atoms with E-state index in [1.807, 2.05) is 25.1 Å². The van der Waals surface area contributed by atoms with Gasteiger partial charge in [0.05, 0.1) is 11.8 Å². The lowest BCUT2D eigenvalue weighted by atomic mass is 9.63. The molecule has 5 nitrogen and oxygen atoms in total. The van der Waals surface area contributed by atoms with E-state index in [0.717, 1.165) is 16.5 Å². The molecule has 3 amide bonds. The van der Waals surface area contributed by atoms with Crippen LogP contribution in [0, 0.1) is 42.4 Å². The fourth-order valence-electron chi connectivity index (χ4n) is 5.48. The number of rotatable bonds is 3. The molecule has 7 atom stereocenters. The average molecular weight is 429 g/mol. The van der Waals surface area contributed by atoms with Crippen LogP contribution in [0.2, 0.25) is 0 Å². The van der Waals surface area contributed by atoms with Gasteiger partial charge in [-0.25, -0.2) is 0 Å². The number of carbonyl (C=O) groups is 3. The smallest absolute Gasteiger partial charge is 0.247 e. The lowest BCUT2D eigenvalue weighted by Crippen LogP contribution is -2.46. The number of nitrogens with zero attached hydrogens (tertiary/aromatic N) is 1. The molecule has 0 aromatic heterocycles. The van der Waals surface area contributed by atoms with Gasteiger partial charge >= 0.3 is 0 Å². The maximum atomic E-state index is 13.1. The second-order valence-electron chi connectivity index (χ2n) is 8.33. The number of likely N-dealkylation sites (tertiary alicyclic amines) is 1. The van der Waals surface area contributed by atoms with Crippen LogP contribution in [0.15, 0.2) is 34.8 Å². The van der Waals surface area contributed by atoms with Gasteiger partial charge in [0, 0.05) is 10.2 Å². The van der Waals surface area contributed by atoms with Crippen LogP contribution in [0.25, 0.3) is 0 Å². The van der Waals surface area contributed by atoms with Gasteiger partial charge in [-0.05, 0) is 67.7 Å². The number of amides is 3. The summed E-state index contributed by atoms with van der Waals surface area (Å²) in [5, 5.41) is 2.87. The first-order valence-electron chi connectivity index (χ1n) is 9.50. The summed E-state index contributed by atoms with van der Waals surface area (Å²) in [6.07, 6.45) is 5.42. The topological polar surface area (TPSA) is 66.5 Å². The number of allylic oxidation sites excluding steroid dienone is 2. The van der Waals surface area contributed by atoms with Crippen molar-refractivity contribution in [1.82, 2.24) is 4.90 Å². The third kappa shape index (κ3) is 2.38. The fourth-order valence-corrected chi connectivity index (χ4v) is 5.96. The molecule has 6 heteroatoms. The van der Waals surface area contributed by atoms with Gasteiger partial charge in [-0.2, -0.15) is 0 Å². The van der Waals surface area contributed by atoms with E-state index in [1.165, 1.54) is 4.90 Å². The lowest BCUT2D eigenvalue weighted by Gasteiger charge is -2.37. The second-order valence-corrected chi connectivity index (χ2v) is 9.24. The molecule has 0 unspecified atom stereocenters. The second kappa shape index (κ2) is 5.77. The van der Waals surface area contributed by atoms with Crippen LogP contribution in [0.4, 0.5) is 5.69 Å². The van der Waals surface area contributed by atoms with E-state index in [2.05, 4.69) is 33.4 Å². The Kier molecular flexibility index (Phi) is 3.67. The molecule has 27 heavy (non-hydrogen) atoms. The molecule has 1 heterocycles. The van der Waals surface area contributed by atoms with Crippen molar-refractivity contribution in [2.45, 2.75) is 26.3 Å². The summed E-state index contributed by atoms with van der Waals surface area (Å²) in [7, 11) is 0. The predicted octanol–water partition coefficient (Wildman–Crippen LogP) is 3.14. The fraction of sp³-hybridized carbons (Fsp3) is 0.476. The summed E-state index contributed by atoms with van der Waals surface area (Å²) in [5.74, 6) is 0.300. The summed E-state index contributed by atoms with van der Waals surface area (Å²) in [6, 6.07) is 4.77. The van der Waals surface area contributed by atoms with Crippen LogP contribution in [-0.4, -0.2) is 28.7 Å². The van der Waals surface area contributed by atoms with Gasteiger partial charge in [0.15, 0.2) is 0 Å². The van der Waals surface area contributed by atoms with Crippen molar-refractivity contribution >= 4 is 39.3 Å². The molecule has 0 spiro atoms. The molecule has 2 saturated carbocycles. The van der Waals surface area contributed by atoms with Crippen molar-refractivity contribution < 1.29 is 14.4 Å². The largest absolute Gasteiger partial charge is 0.324 e. The van der Waals surface area contributed by atoms with Crippen LogP contribution < -0.4 is 5.32 Å². The van der Waals surface area contributed by atoms with Gasteiger partial charge in [-0.3, -0.25) is 19.3 Å². The quantitative estimate of drug-likeness (QED) is 0.593. The van der Waals surface area contributed by atoms with E-state index in [9.17, 15) is 14.4 Å². The molecule has 6 rings (SSSR count). The number of halogens is 1. The number of nitrogens with one attached hydrogen (secondary N) is 1. The van der Waals surface area contributed by atoms with Gasteiger partial charge in [-0.1, -0.05) is 28.1 Å². The normalized spacial score (nSPS) is 36.5. The number of anilines is 1. The molecule has 3 fully saturated rings. The summed E-state index contributed by atoms with van der Waals surface area (Å²) in [6.45, 7) is 3.55. The Balaban J connectivity index is 1.38. The molecule has 1 aromatic carbocycles. The van der Waals surface area contributed by atoms with Gasteiger partial charge in [0.1, 0.15) is 6.04 Å². The molecular weight excluding hydrogens is 408 g/mol. The molecule has 1 aliphatic heterocycles. The monoisotopic (exact) mass is 428 g/mol. The molecule has 0 radical (unpaired) electrons. The minimum absolute atomic E-state index is 0.162. The van der Waals surface area contributed by atoms with Crippen LogP contribution >= 0.6 is 15.9 Å². The molecule has 2 bridgehead atoms. The van der Waals surface area contributed by atoms with E-state index in [4.69, 9.17) is 0 Å². The summed E-state index contributed by atoms with van der Waals surface area (Å²) in [5.41, 5.74) is 1.61. The Labute approximate surface area is 166 Å². The van der Waals surface area contributed by atoms with Crippen LogP contribution in [0.5, 0.6) is 0 Å². The number of benzene rings is 1. The Morgan fingerprint density at radius 2 is 1.74 bits per heavy atom. The lowest BCUT2D eigenvalue weighted by molar-refractivity contribution is -0.146. The van der Waals surface area contributed by atoms with Crippen molar-refractivity contribution in [3.63, 3.8) is 0 Å². The third-order valence-electron chi connectivity index (χ3n) is 6.91. The minimum Gasteiger partial charge on any atom is -0.324 e. The Hall–Kier alpha value is -1.95. The Bertz CT molecular complexity index is 875. The number of aryl methyl sites for hydroxylation is 1. The molecule has 1 aromatic rings. The molecule has 1 saturated heterocycles. The summed E-state index contributed by atoms with van der Waals surface area (Å²) in [4.78, 5) is 40.2. The van der Waals surface area contributed by atoms with E-state index in [-0.39, 0.29) is 41.4 Å². The highest BCUT2D eigenvalue weighted by Gasteiger charge is 2.67. The van der Waals surface area contributed by atoms with Crippen LogP contribution in [0.1, 0.15) is 18.9 Å². The molecule has 1 N–H and O–H groups in total.